The molecule has 1 aromatic carbocycles. The number of aromatic nitrogens is 2. The molecule has 0 amide bonds. The SMILES string of the molecule is CNC(Cc1ccccc1)c1ncccn1. The maximum atomic E-state index is 4.27. The highest BCUT2D eigenvalue weighted by atomic mass is 15.0. The Morgan fingerprint density at radius 2 is 1.75 bits per heavy atom. The van der Waals surface area contributed by atoms with Crippen molar-refractivity contribution in [1.82, 2.24) is 15.3 Å². The van der Waals surface area contributed by atoms with Gasteiger partial charge in [-0.2, -0.15) is 0 Å². The molecule has 0 aliphatic rings. The molecule has 0 bridgehead atoms. The van der Waals surface area contributed by atoms with Crippen molar-refractivity contribution in [2.24, 2.45) is 0 Å². The number of benzene rings is 1. The van der Waals surface area contributed by atoms with Crippen molar-refractivity contribution >= 4 is 0 Å². The summed E-state index contributed by atoms with van der Waals surface area (Å²) in [6, 6.07) is 12.4. The zero-order chi connectivity index (χ0) is 11.2. The zero-order valence-electron chi connectivity index (χ0n) is 9.30. The molecular formula is C13H15N3. The second-order valence-electron chi connectivity index (χ2n) is 3.64. The smallest absolute Gasteiger partial charge is 0.145 e. The number of likely N-dealkylation sites (N-methyl/N-ethyl adjacent to an activating group) is 1. The first-order chi connectivity index (χ1) is 7.90. The molecule has 0 fully saturated rings. The molecule has 1 N–H and O–H groups in total. The Kier molecular flexibility index (Phi) is 3.62. The molecule has 2 aromatic rings. The van der Waals surface area contributed by atoms with Gasteiger partial charge in [0, 0.05) is 12.4 Å². The topological polar surface area (TPSA) is 37.8 Å². The molecule has 0 spiro atoms. The van der Waals surface area contributed by atoms with Gasteiger partial charge in [0.15, 0.2) is 0 Å². The Labute approximate surface area is 95.6 Å². The molecule has 0 saturated carbocycles. The summed E-state index contributed by atoms with van der Waals surface area (Å²) in [5.74, 6) is 0.842. The molecule has 0 aliphatic carbocycles. The second-order valence-corrected chi connectivity index (χ2v) is 3.64. The van der Waals surface area contributed by atoms with E-state index in [1.54, 1.807) is 12.4 Å². The van der Waals surface area contributed by atoms with Crippen LogP contribution in [-0.4, -0.2) is 17.0 Å². The number of hydrogen-bond donors (Lipinski definition) is 1. The lowest BCUT2D eigenvalue weighted by Gasteiger charge is -2.14. The molecule has 0 saturated heterocycles. The lowest BCUT2D eigenvalue weighted by Crippen LogP contribution is -2.21. The molecule has 2 rings (SSSR count). The van der Waals surface area contributed by atoms with E-state index in [0.717, 1.165) is 12.2 Å². The van der Waals surface area contributed by atoms with E-state index in [2.05, 4.69) is 27.4 Å². The van der Waals surface area contributed by atoms with E-state index in [0.29, 0.717) is 0 Å². The summed E-state index contributed by atoms with van der Waals surface area (Å²) in [5, 5.41) is 3.24. The quantitative estimate of drug-likeness (QED) is 0.844. The van der Waals surface area contributed by atoms with Gasteiger partial charge in [-0.25, -0.2) is 9.97 Å². The fraction of sp³-hybridized carbons (Fsp3) is 0.231. The lowest BCUT2D eigenvalue weighted by molar-refractivity contribution is 0.557. The number of nitrogens with one attached hydrogen (secondary N) is 1. The van der Waals surface area contributed by atoms with Crippen molar-refractivity contribution in [2.75, 3.05) is 7.05 Å². The van der Waals surface area contributed by atoms with Gasteiger partial charge >= 0.3 is 0 Å². The van der Waals surface area contributed by atoms with E-state index >= 15 is 0 Å². The lowest BCUT2D eigenvalue weighted by atomic mass is 10.1. The Morgan fingerprint density at radius 3 is 2.38 bits per heavy atom. The van der Waals surface area contributed by atoms with Crippen LogP contribution in [0.1, 0.15) is 17.4 Å². The average molecular weight is 213 g/mol. The fourth-order valence-electron chi connectivity index (χ4n) is 1.66. The Bertz CT molecular complexity index is 414. The van der Waals surface area contributed by atoms with Crippen molar-refractivity contribution < 1.29 is 0 Å². The highest BCUT2D eigenvalue weighted by molar-refractivity contribution is 5.17. The van der Waals surface area contributed by atoms with E-state index < -0.39 is 0 Å². The zero-order valence-corrected chi connectivity index (χ0v) is 9.30. The van der Waals surface area contributed by atoms with Gasteiger partial charge in [0.1, 0.15) is 5.82 Å². The van der Waals surface area contributed by atoms with Gasteiger partial charge in [-0.3, -0.25) is 0 Å². The summed E-state index contributed by atoms with van der Waals surface area (Å²) in [5.41, 5.74) is 1.29. The van der Waals surface area contributed by atoms with Crippen LogP contribution in [0.5, 0.6) is 0 Å². The number of hydrogen-bond acceptors (Lipinski definition) is 3. The van der Waals surface area contributed by atoms with Crippen molar-refractivity contribution in [2.45, 2.75) is 12.5 Å². The molecular weight excluding hydrogens is 198 g/mol. The average Bonchev–Trinajstić information content (AvgIpc) is 2.38. The van der Waals surface area contributed by atoms with E-state index in [1.165, 1.54) is 5.56 Å². The first kappa shape index (κ1) is 10.8. The monoisotopic (exact) mass is 213 g/mol. The molecule has 0 aliphatic heterocycles. The Morgan fingerprint density at radius 1 is 1.06 bits per heavy atom. The van der Waals surface area contributed by atoms with Crippen LogP contribution in [0, 0.1) is 0 Å². The Balaban J connectivity index is 2.13. The van der Waals surface area contributed by atoms with Crippen molar-refractivity contribution in [1.29, 1.82) is 0 Å². The van der Waals surface area contributed by atoms with Gasteiger partial charge in [0.2, 0.25) is 0 Å². The molecule has 0 radical (unpaired) electrons. The summed E-state index contributed by atoms with van der Waals surface area (Å²) in [4.78, 5) is 8.54. The van der Waals surface area contributed by atoms with E-state index in [9.17, 15) is 0 Å². The maximum absolute atomic E-state index is 4.27. The van der Waals surface area contributed by atoms with Crippen LogP contribution in [0.25, 0.3) is 0 Å². The molecule has 82 valence electrons. The molecule has 1 unspecified atom stereocenters. The molecule has 1 heterocycles. The molecule has 3 nitrogen and oxygen atoms in total. The minimum absolute atomic E-state index is 0.170. The van der Waals surface area contributed by atoms with Crippen LogP contribution in [0.2, 0.25) is 0 Å². The summed E-state index contributed by atoms with van der Waals surface area (Å²) >= 11 is 0. The molecule has 1 atom stereocenters. The van der Waals surface area contributed by atoms with Crippen LogP contribution >= 0.6 is 0 Å². The van der Waals surface area contributed by atoms with Crippen LogP contribution in [0.4, 0.5) is 0 Å². The summed E-state index contributed by atoms with van der Waals surface area (Å²) in [7, 11) is 1.93. The van der Waals surface area contributed by atoms with Crippen molar-refractivity contribution in [3.63, 3.8) is 0 Å². The standard InChI is InChI=1S/C13H15N3/c1-14-12(13-15-8-5-9-16-13)10-11-6-3-2-4-7-11/h2-9,12,14H,10H2,1H3. The second kappa shape index (κ2) is 5.37. The van der Waals surface area contributed by atoms with E-state index in [-0.39, 0.29) is 6.04 Å². The minimum atomic E-state index is 0.170. The normalized spacial score (nSPS) is 12.3. The van der Waals surface area contributed by atoms with Gasteiger partial charge in [0.25, 0.3) is 0 Å². The van der Waals surface area contributed by atoms with Crippen molar-refractivity contribution in [3.8, 4) is 0 Å². The van der Waals surface area contributed by atoms with E-state index in [4.69, 9.17) is 0 Å². The van der Waals surface area contributed by atoms with Crippen LogP contribution in [-0.2, 0) is 6.42 Å². The van der Waals surface area contributed by atoms with Gasteiger partial charge < -0.3 is 5.32 Å². The van der Waals surface area contributed by atoms with Crippen LogP contribution in [0.3, 0.4) is 0 Å². The summed E-state index contributed by atoms with van der Waals surface area (Å²) < 4.78 is 0. The highest BCUT2D eigenvalue weighted by Gasteiger charge is 2.11. The molecule has 1 aromatic heterocycles. The summed E-state index contributed by atoms with van der Waals surface area (Å²) in [6.07, 6.45) is 4.46. The molecule has 16 heavy (non-hydrogen) atoms. The predicted molar refractivity (Wildman–Crippen MR) is 64.0 cm³/mol. The molecule has 3 heteroatoms. The third kappa shape index (κ3) is 2.64. The predicted octanol–water partition coefficient (Wildman–Crippen LogP) is 1.98. The largest absolute Gasteiger partial charge is 0.310 e. The first-order valence-electron chi connectivity index (χ1n) is 5.38. The third-order valence-electron chi connectivity index (χ3n) is 2.53. The first-order valence-corrected chi connectivity index (χ1v) is 5.38. The fourth-order valence-corrected chi connectivity index (χ4v) is 1.66. The highest BCUT2D eigenvalue weighted by Crippen LogP contribution is 2.13. The minimum Gasteiger partial charge on any atom is -0.310 e. The summed E-state index contributed by atoms with van der Waals surface area (Å²) in [6.45, 7) is 0. The number of rotatable bonds is 4. The van der Waals surface area contributed by atoms with Gasteiger partial charge in [-0.1, -0.05) is 30.3 Å². The van der Waals surface area contributed by atoms with Gasteiger partial charge in [-0.05, 0) is 25.1 Å². The van der Waals surface area contributed by atoms with Gasteiger partial charge in [0.05, 0.1) is 6.04 Å². The number of nitrogens with zero attached hydrogens (tertiary/aromatic N) is 2. The van der Waals surface area contributed by atoms with E-state index in [1.807, 2.05) is 31.3 Å². The third-order valence-corrected chi connectivity index (χ3v) is 2.53. The maximum Gasteiger partial charge on any atom is 0.145 e. The van der Waals surface area contributed by atoms with Crippen LogP contribution in [0.15, 0.2) is 48.8 Å². The Hall–Kier alpha value is -1.74. The van der Waals surface area contributed by atoms with Crippen molar-refractivity contribution in [3.05, 3.63) is 60.2 Å². The van der Waals surface area contributed by atoms with Crippen LogP contribution < -0.4 is 5.32 Å². The van der Waals surface area contributed by atoms with Gasteiger partial charge in [-0.15, -0.1) is 0 Å².